The molecule has 304 valence electrons. The van der Waals surface area contributed by atoms with Gasteiger partial charge in [0, 0.05) is 62.9 Å². The van der Waals surface area contributed by atoms with Crippen molar-refractivity contribution in [2.45, 2.75) is 51.2 Å². The van der Waals surface area contributed by atoms with Gasteiger partial charge in [-0.2, -0.15) is 8.42 Å². The van der Waals surface area contributed by atoms with E-state index in [-0.39, 0.29) is 65.9 Å². The van der Waals surface area contributed by atoms with E-state index in [1.165, 1.54) is 26.4 Å². The molecule has 17 nitrogen and oxygen atoms in total. The minimum Gasteiger partial charge on any atom is -0.493 e. The summed E-state index contributed by atoms with van der Waals surface area (Å²) in [7, 11) is 1.33. The lowest BCUT2D eigenvalue weighted by atomic mass is 10.0. The highest BCUT2D eigenvalue weighted by Gasteiger charge is 2.37. The Balaban J connectivity index is 0.957. The number of hydrogen-bond donors (Lipinski definition) is 0. The maximum Gasteiger partial charge on any atom is 0.488 e. The van der Waals surface area contributed by atoms with E-state index in [1.54, 1.807) is 65.2 Å². The molecule has 59 heavy (non-hydrogen) atoms. The van der Waals surface area contributed by atoms with Crippen molar-refractivity contribution in [3.63, 3.8) is 0 Å². The second kappa shape index (κ2) is 14.6. The number of halogens is 1. The van der Waals surface area contributed by atoms with Gasteiger partial charge in [-0.05, 0) is 41.5 Å². The van der Waals surface area contributed by atoms with Gasteiger partial charge in [0.05, 0.1) is 85.9 Å². The minimum absolute atomic E-state index is 0.158. The SMILES string of the molecule is COc1cc2c(cc1OCc1cc(COc3cc4c(cc3OC)C(=O)N3Cc5ncn(C)c5C[C@H]3C=N4)cc(OS(=O)(=O)F)c1)N=C[C@@H]1Cc3c(ncn3C)CN1C2=O. The predicted molar refractivity (Wildman–Crippen MR) is 209 cm³/mol. The Hall–Kier alpha value is -6.76. The van der Waals surface area contributed by atoms with Crippen molar-refractivity contribution < 1.29 is 45.0 Å². The number of nitrogens with zero attached hydrogens (tertiary/aromatic N) is 8. The van der Waals surface area contributed by atoms with Crippen LogP contribution in [0.3, 0.4) is 0 Å². The molecule has 2 atom stereocenters. The number of rotatable bonds is 10. The van der Waals surface area contributed by atoms with Crippen LogP contribution in [0.1, 0.15) is 54.6 Å². The number of ether oxygens (including phenoxy) is 4. The Bertz CT molecular complexity index is 2560. The Morgan fingerprint density at radius 3 is 1.56 bits per heavy atom. The lowest BCUT2D eigenvalue weighted by Crippen LogP contribution is -2.44. The molecule has 9 rings (SSSR count). The number of hydrogen-bond acceptors (Lipinski definition) is 13. The molecule has 5 aromatic rings. The van der Waals surface area contributed by atoms with Crippen LogP contribution in [0.15, 0.2) is 65.1 Å². The van der Waals surface area contributed by atoms with Gasteiger partial charge in [-0.3, -0.25) is 19.6 Å². The van der Waals surface area contributed by atoms with E-state index in [0.29, 0.717) is 59.6 Å². The summed E-state index contributed by atoms with van der Waals surface area (Å²) >= 11 is 0. The van der Waals surface area contributed by atoms with Gasteiger partial charge in [0.15, 0.2) is 23.0 Å². The first-order valence-electron chi connectivity index (χ1n) is 18.5. The number of carbonyl (C=O) groups is 2. The standard InChI is InChI=1S/C40H37FN8O9S/c1-46-20-44-31-16-48-24(8-33(31)46)14-42-29-12-37(35(54-3)10-27(29)39(48)50)56-18-22-5-23(7-26(6-22)58-59(41,52)53)19-57-38-13-30-28(11-36(38)55-4)40(51)49-17-32-34(47(2)21-45-32)9-25(49)15-43-30/h5-7,10-15,20-21,24-25H,8-9,16-19H2,1-4H3/t24-,25-/m0/s1. The number of imidazole rings is 2. The molecule has 0 saturated carbocycles. The second-order valence-electron chi connectivity index (χ2n) is 14.5. The predicted octanol–water partition coefficient (Wildman–Crippen LogP) is 4.49. The van der Waals surface area contributed by atoms with E-state index in [1.807, 2.05) is 23.2 Å². The van der Waals surface area contributed by atoms with Crippen molar-refractivity contribution in [3.8, 4) is 28.7 Å². The first kappa shape index (κ1) is 37.8. The summed E-state index contributed by atoms with van der Waals surface area (Å²) in [5.41, 5.74) is 5.95. The molecule has 0 N–H and O–H groups in total. The normalized spacial score (nSPS) is 17.8. The van der Waals surface area contributed by atoms with Gasteiger partial charge in [-0.25, -0.2) is 9.97 Å². The molecule has 0 aliphatic carbocycles. The van der Waals surface area contributed by atoms with E-state index >= 15 is 0 Å². The lowest BCUT2D eigenvalue weighted by molar-refractivity contribution is 0.0691. The van der Waals surface area contributed by atoms with Crippen LogP contribution in [0.4, 0.5) is 15.3 Å². The summed E-state index contributed by atoms with van der Waals surface area (Å²) in [5, 5.41) is 0. The summed E-state index contributed by atoms with van der Waals surface area (Å²) in [6.07, 6.45) is 8.08. The molecular weight excluding hydrogens is 788 g/mol. The van der Waals surface area contributed by atoms with Crippen LogP contribution in [0, 0.1) is 0 Å². The number of aryl methyl sites for hydroxylation is 2. The molecule has 0 bridgehead atoms. The van der Waals surface area contributed by atoms with E-state index in [4.69, 9.17) is 18.9 Å². The maximum atomic E-state index is 13.8. The third kappa shape index (κ3) is 7.10. The summed E-state index contributed by atoms with van der Waals surface area (Å²) < 4.78 is 69.0. The van der Waals surface area contributed by atoms with Gasteiger partial charge in [-0.1, -0.05) is 3.89 Å². The summed E-state index contributed by atoms with van der Waals surface area (Å²) in [4.78, 5) is 49.3. The number of aromatic nitrogens is 4. The van der Waals surface area contributed by atoms with Crippen LogP contribution in [0.2, 0.25) is 0 Å². The van der Waals surface area contributed by atoms with Gasteiger partial charge in [0.1, 0.15) is 19.0 Å². The van der Waals surface area contributed by atoms with Crippen LogP contribution in [0.5, 0.6) is 28.7 Å². The average Bonchev–Trinajstić information content (AvgIpc) is 3.69. The monoisotopic (exact) mass is 824 g/mol. The van der Waals surface area contributed by atoms with Gasteiger partial charge in [-0.15, -0.1) is 0 Å². The molecule has 2 amide bonds. The smallest absolute Gasteiger partial charge is 0.488 e. The molecular formula is C40H37FN8O9S. The molecule has 4 aliphatic rings. The Morgan fingerprint density at radius 1 is 0.678 bits per heavy atom. The van der Waals surface area contributed by atoms with Crippen LogP contribution in [-0.2, 0) is 63.7 Å². The number of methoxy groups -OCH3 is 2. The fourth-order valence-corrected chi connectivity index (χ4v) is 8.23. The summed E-state index contributed by atoms with van der Waals surface area (Å²) in [6.45, 7) is 0.360. The zero-order valence-electron chi connectivity index (χ0n) is 32.3. The molecule has 0 radical (unpaired) electrons. The van der Waals surface area contributed by atoms with Crippen LogP contribution in [0.25, 0.3) is 0 Å². The molecule has 0 unspecified atom stereocenters. The number of aliphatic imine (C=N–C) groups is 2. The maximum absolute atomic E-state index is 13.8. The van der Waals surface area contributed by atoms with E-state index in [2.05, 4.69) is 24.1 Å². The third-order valence-electron chi connectivity index (χ3n) is 10.9. The highest BCUT2D eigenvalue weighted by atomic mass is 32.3. The van der Waals surface area contributed by atoms with Crippen molar-refractivity contribution >= 4 is 46.1 Å². The molecule has 6 heterocycles. The van der Waals surface area contributed by atoms with Gasteiger partial charge in [0.25, 0.3) is 11.8 Å². The van der Waals surface area contributed by atoms with E-state index in [9.17, 15) is 21.9 Å². The number of amides is 2. The Labute approximate surface area is 337 Å². The van der Waals surface area contributed by atoms with E-state index in [0.717, 1.165) is 22.8 Å². The number of fused-ring (bicyclic) bond motifs is 6. The first-order chi connectivity index (χ1) is 28.3. The molecule has 4 aliphatic heterocycles. The van der Waals surface area contributed by atoms with Gasteiger partial charge < -0.3 is 42.1 Å². The van der Waals surface area contributed by atoms with Crippen LogP contribution in [-0.4, -0.2) is 87.9 Å². The molecule has 2 aromatic heterocycles. The second-order valence-corrected chi connectivity index (χ2v) is 15.5. The topological polar surface area (TPSA) is 181 Å². The fraction of sp³-hybridized carbons (Fsp3) is 0.300. The zero-order chi connectivity index (χ0) is 41.2. The third-order valence-corrected chi connectivity index (χ3v) is 11.3. The highest BCUT2D eigenvalue weighted by molar-refractivity contribution is 7.81. The number of benzene rings is 3. The fourth-order valence-electron chi connectivity index (χ4n) is 7.90. The summed E-state index contributed by atoms with van der Waals surface area (Å²) in [6, 6.07) is 10.1. The molecule has 0 fully saturated rings. The quantitative estimate of drug-likeness (QED) is 0.181. The van der Waals surface area contributed by atoms with Gasteiger partial charge >= 0.3 is 10.5 Å². The highest BCUT2D eigenvalue weighted by Crippen LogP contribution is 2.41. The Kier molecular flexibility index (Phi) is 9.33. The molecule has 0 spiro atoms. The van der Waals surface area contributed by atoms with Gasteiger partial charge in [0.2, 0.25) is 0 Å². The van der Waals surface area contributed by atoms with Crippen molar-refractivity contribution in [3.05, 3.63) is 100 Å². The largest absolute Gasteiger partial charge is 0.493 e. The average molecular weight is 825 g/mol. The van der Waals surface area contributed by atoms with E-state index < -0.39 is 10.5 Å². The van der Waals surface area contributed by atoms with Crippen molar-refractivity contribution in [1.29, 1.82) is 0 Å². The zero-order valence-corrected chi connectivity index (χ0v) is 33.1. The van der Waals surface area contributed by atoms with Crippen LogP contribution >= 0.6 is 0 Å². The molecule has 0 saturated heterocycles. The summed E-state index contributed by atoms with van der Waals surface area (Å²) in [5.74, 6) is 0.256. The Morgan fingerprint density at radius 2 is 1.14 bits per heavy atom. The van der Waals surface area contributed by atoms with Crippen molar-refractivity contribution in [2.24, 2.45) is 24.1 Å². The number of carbonyl (C=O) groups excluding carboxylic acids is 2. The van der Waals surface area contributed by atoms with Crippen molar-refractivity contribution in [2.75, 3.05) is 14.2 Å². The molecule has 19 heteroatoms. The van der Waals surface area contributed by atoms with Crippen LogP contribution < -0.4 is 23.1 Å². The minimum atomic E-state index is -5.39. The van der Waals surface area contributed by atoms with Crippen molar-refractivity contribution in [1.82, 2.24) is 28.9 Å². The first-order valence-corrected chi connectivity index (χ1v) is 19.8. The lowest BCUT2D eigenvalue weighted by Gasteiger charge is -2.32. The molecule has 3 aromatic carbocycles.